The van der Waals surface area contributed by atoms with Crippen LogP contribution in [0.25, 0.3) is 0 Å². The van der Waals surface area contributed by atoms with Crippen molar-refractivity contribution in [3.63, 3.8) is 0 Å². The molecule has 0 saturated heterocycles. The van der Waals surface area contributed by atoms with E-state index in [1.54, 1.807) is 6.07 Å². The number of likely N-dealkylation sites (N-methyl/N-ethyl adjacent to an activating group) is 1. The van der Waals surface area contributed by atoms with Crippen molar-refractivity contribution >= 4 is 0 Å². The quantitative estimate of drug-likeness (QED) is 0.823. The molecular formula is C16H26F2N2. The molecule has 0 radical (unpaired) electrons. The van der Waals surface area contributed by atoms with Crippen molar-refractivity contribution in [3.8, 4) is 0 Å². The lowest BCUT2D eigenvalue weighted by Crippen LogP contribution is -2.55. The molecule has 1 unspecified atom stereocenters. The van der Waals surface area contributed by atoms with Gasteiger partial charge in [-0.05, 0) is 32.0 Å². The van der Waals surface area contributed by atoms with Gasteiger partial charge >= 0.3 is 0 Å². The Morgan fingerprint density at radius 3 is 2.10 bits per heavy atom. The van der Waals surface area contributed by atoms with Crippen LogP contribution in [0.3, 0.4) is 0 Å². The summed E-state index contributed by atoms with van der Waals surface area (Å²) in [4.78, 5) is 2.25. The zero-order chi connectivity index (χ0) is 15.3. The molecule has 0 aliphatic heterocycles. The number of nitrogens with two attached hydrogens (primary N) is 1. The summed E-state index contributed by atoms with van der Waals surface area (Å²) in [7, 11) is 0. The number of halogens is 2. The van der Waals surface area contributed by atoms with Crippen molar-refractivity contribution in [1.82, 2.24) is 4.90 Å². The van der Waals surface area contributed by atoms with Crippen LogP contribution in [0.5, 0.6) is 0 Å². The smallest absolute Gasteiger partial charge is 0.163 e. The van der Waals surface area contributed by atoms with Gasteiger partial charge in [0.25, 0.3) is 0 Å². The molecule has 0 aromatic heterocycles. The molecule has 0 aliphatic rings. The van der Waals surface area contributed by atoms with E-state index in [0.29, 0.717) is 0 Å². The Labute approximate surface area is 121 Å². The Morgan fingerprint density at radius 1 is 1.10 bits per heavy atom. The topological polar surface area (TPSA) is 29.3 Å². The fourth-order valence-corrected chi connectivity index (χ4v) is 3.24. The first-order valence-corrected chi connectivity index (χ1v) is 7.42. The van der Waals surface area contributed by atoms with E-state index in [9.17, 15) is 8.78 Å². The Kier molecular flexibility index (Phi) is 6.08. The van der Waals surface area contributed by atoms with Crippen molar-refractivity contribution in [2.75, 3.05) is 13.1 Å². The first-order chi connectivity index (χ1) is 9.48. The van der Waals surface area contributed by atoms with Crippen LogP contribution < -0.4 is 5.73 Å². The lowest BCUT2D eigenvalue weighted by molar-refractivity contribution is 0.0611. The van der Waals surface area contributed by atoms with Gasteiger partial charge in [-0.1, -0.05) is 39.8 Å². The summed E-state index contributed by atoms with van der Waals surface area (Å²) >= 11 is 0. The highest BCUT2D eigenvalue weighted by atomic mass is 19.2. The van der Waals surface area contributed by atoms with Gasteiger partial charge < -0.3 is 5.73 Å². The molecule has 1 aromatic carbocycles. The number of hydrogen-bond donors (Lipinski definition) is 1. The molecule has 2 N–H and O–H groups in total. The van der Waals surface area contributed by atoms with Crippen LogP contribution in [0.4, 0.5) is 8.78 Å². The molecule has 2 nitrogen and oxygen atoms in total. The molecule has 0 bridgehead atoms. The maximum Gasteiger partial charge on any atom is 0.163 e. The molecule has 0 fully saturated rings. The highest BCUT2D eigenvalue weighted by Crippen LogP contribution is 2.36. The second-order valence-electron chi connectivity index (χ2n) is 5.10. The van der Waals surface area contributed by atoms with E-state index < -0.39 is 17.7 Å². The molecule has 0 aliphatic carbocycles. The predicted octanol–water partition coefficient (Wildman–Crippen LogP) is 3.87. The van der Waals surface area contributed by atoms with Gasteiger partial charge in [-0.15, -0.1) is 0 Å². The van der Waals surface area contributed by atoms with Crippen molar-refractivity contribution in [1.29, 1.82) is 0 Å². The van der Waals surface area contributed by atoms with Crippen LogP contribution in [0, 0.1) is 11.6 Å². The minimum atomic E-state index is -0.835. The minimum Gasteiger partial charge on any atom is -0.322 e. The molecule has 0 spiro atoms. The maximum atomic E-state index is 14.1. The van der Waals surface area contributed by atoms with Gasteiger partial charge in [-0.25, -0.2) is 8.78 Å². The molecule has 20 heavy (non-hydrogen) atoms. The van der Waals surface area contributed by atoms with Crippen molar-refractivity contribution < 1.29 is 8.78 Å². The first kappa shape index (κ1) is 17.1. The molecule has 0 amide bonds. The third kappa shape index (κ3) is 2.86. The fourth-order valence-electron chi connectivity index (χ4n) is 3.24. The van der Waals surface area contributed by atoms with E-state index >= 15 is 0 Å². The van der Waals surface area contributed by atoms with Crippen molar-refractivity contribution in [2.45, 2.75) is 52.1 Å². The van der Waals surface area contributed by atoms with Crippen molar-refractivity contribution in [3.05, 3.63) is 35.4 Å². The minimum absolute atomic E-state index is 0.264. The van der Waals surface area contributed by atoms with Crippen LogP contribution in [-0.4, -0.2) is 23.5 Å². The molecule has 1 atom stereocenters. The first-order valence-electron chi connectivity index (χ1n) is 7.42. The predicted molar refractivity (Wildman–Crippen MR) is 79.5 cm³/mol. The molecular weight excluding hydrogens is 258 g/mol. The second kappa shape index (κ2) is 7.14. The molecule has 0 saturated carbocycles. The molecule has 4 heteroatoms. The maximum absolute atomic E-state index is 14.1. The monoisotopic (exact) mass is 284 g/mol. The zero-order valence-electron chi connectivity index (χ0n) is 12.9. The number of hydrogen-bond acceptors (Lipinski definition) is 2. The summed E-state index contributed by atoms with van der Waals surface area (Å²) in [5.74, 6) is -1.66. The van der Waals surface area contributed by atoms with Crippen LogP contribution in [0.15, 0.2) is 18.2 Å². The summed E-state index contributed by atoms with van der Waals surface area (Å²) in [6.45, 7) is 9.92. The van der Waals surface area contributed by atoms with E-state index in [2.05, 4.69) is 32.6 Å². The van der Waals surface area contributed by atoms with Gasteiger partial charge in [0.2, 0.25) is 0 Å². The Balaban J connectivity index is 3.30. The fraction of sp³-hybridized carbons (Fsp3) is 0.625. The van der Waals surface area contributed by atoms with E-state index in [1.807, 2.05) is 0 Å². The van der Waals surface area contributed by atoms with Gasteiger partial charge in [-0.2, -0.15) is 0 Å². The lowest BCUT2D eigenvalue weighted by Gasteiger charge is -2.46. The van der Waals surface area contributed by atoms with E-state index in [0.717, 1.165) is 32.0 Å². The highest BCUT2D eigenvalue weighted by Gasteiger charge is 2.40. The summed E-state index contributed by atoms with van der Waals surface area (Å²) in [6, 6.07) is 3.69. The van der Waals surface area contributed by atoms with Crippen LogP contribution in [0.2, 0.25) is 0 Å². The van der Waals surface area contributed by atoms with E-state index in [4.69, 9.17) is 5.73 Å². The molecule has 1 aromatic rings. The third-order valence-electron chi connectivity index (χ3n) is 4.51. The Morgan fingerprint density at radius 2 is 1.65 bits per heavy atom. The Hall–Kier alpha value is -1.00. The van der Waals surface area contributed by atoms with Gasteiger partial charge in [0, 0.05) is 11.1 Å². The Bertz CT molecular complexity index is 426. The summed E-state index contributed by atoms with van der Waals surface area (Å²) in [5, 5.41) is 0. The van der Waals surface area contributed by atoms with Crippen LogP contribution in [0.1, 0.15) is 52.1 Å². The van der Waals surface area contributed by atoms with Gasteiger partial charge in [0.15, 0.2) is 11.6 Å². The highest BCUT2D eigenvalue weighted by molar-refractivity contribution is 5.26. The summed E-state index contributed by atoms with van der Waals surface area (Å²) < 4.78 is 27.5. The standard InChI is InChI=1S/C16H26F2N2/c1-5-16(6-2,20(7-3)8-4)15(19)12-10-9-11-13(17)14(12)18/h9-11,15H,5-8,19H2,1-4H3. The normalized spacial score (nSPS) is 13.8. The van der Waals surface area contributed by atoms with Crippen molar-refractivity contribution in [2.24, 2.45) is 5.73 Å². The third-order valence-corrected chi connectivity index (χ3v) is 4.51. The number of nitrogens with zero attached hydrogens (tertiary/aromatic N) is 1. The summed E-state index contributed by atoms with van der Waals surface area (Å²) in [5.41, 5.74) is 6.28. The van der Waals surface area contributed by atoms with Crippen LogP contribution >= 0.6 is 0 Å². The molecule has 114 valence electrons. The van der Waals surface area contributed by atoms with Gasteiger partial charge in [0.05, 0.1) is 6.04 Å². The summed E-state index contributed by atoms with van der Waals surface area (Å²) in [6.07, 6.45) is 1.59. The average molecular weight is 284 g/mol. The van der Waals surface area contributed by atoms with Gasteiger partial charge in [0.1, 0.15) is 0 Å². The number of rotatable bonds is 7. The van der Waals surface area contributed by atoms with E-state index in [1.165, 1.54) is 6.07 Å². The average Bonchev–Trinajstić information content (AvgIpc) is 2.47. The molecule has 0 heterocycles. The second-order valence-corrected chi connectivity index (χ2v) is 5.10. The van der Waals surface area contributed by atoms with Crippen LogP contribution in [-0.2, 0) is 0 Å². The van der Waals surface area contributed by atoms with Gasteiger partial charge in [-0.3, -0.25) is 4.90 Å². The largest absolute Gasteiger partial charge is 0.322 e. The number of benzene rings is 1. The molecule has 1 rings (SSSR count). The van der Waals surface area contributed by atoms with E-state index in [-0.39, 0.29) is 11.1 Å². The zero-order valence-corrected chi connectivity index (χ0v) is 12.9. The lowest BCUT2D eigenvalue weighted by atomic mass is 9.79. The SMILES string of the molecule is CCN(CC)C(CC)(CC)C(N)c1cccc(F)c1F.